The second-order valence-corrected chi connectivity index (χ2v) is 4.70. The highest BCUT2D eigenvalue weighted by Crippen LogP contribution is 2.39. The first-order valence-electron chi connectivity index (χ1n) is 5.93. The Kier molecular flexibility index (Phi) is 4.23. The van der Waals surface area contributed by atoms with Gasteiger partial charge < -0.3 is 4.74 Å². The molecule has 0 aliphatic rings. The lowest BCUT2D eigenvalue weighted by atomic mass is 10.1. The third kappa shape index (κ3) is 3.55. The van der Waals surface area contributed by atoms with Gasteiger partial charge >= 0.3 is 6.18 Å². The standard InChI is InChI=1S/C15H10ClF3O2/c1-9(20)10-6-7-14(12(16)8-10)21-13-5-3-2-4-11(13)15(17,18)19/h2-8H,1H3. The molecule has 0 atom stereocenters. The summed E-state index contributed by atoms with van der Waals surface area (Å²) in [7, 11) is 0. The average Bonchev–Trinajstić information content (AvgIpc) is 2.40. The number of rotatable bonds is 3. The van der Waals surface area contributed by atoms with Crippen LogP contribution in [0.3, 0.4) is 0 Å². The van der Waals surface area contributed by atoms with Crippen LogP contribution in [0.25, 0.3) is 0 Å². The van der Waals surface area contributed by atoms with E-state index >= 15 is 0 Å². The highest BCUT2D eigenvalue weighted by atomic mass is 35.5. The van der Waals surface area contributed by atoms with Crippen LogP contribution < -0.4 is 4.74 Å². The maximum Gasteiger partial charge on any atom is 0.419 e. The van der Waals surface area contributed by atoms with Crippen LogP contribution in [0.1, 0.15) is 22.8 Å². The maximum absolute atomic E-state index is 12.9. The van der Waals surface area contributed by atoms with Crippen molar-refractivity contribution in [3.8, 4) is 11.5 Å². The van der Waals surface area contributed by atoms with Crippen molar-refractivity contribution in [2.75, 3.05) is 0 Å². The highest BCUT2D eigenvalue weighted by Gasteiger charge is 2.34. The SMILES string of the molecule is CC(=O)c1ccc(Oc2ccccc2C(F)(F)F)c(Cl)c1. The fourth-order valence-corrected chi connectivity index (χ4v) is 1.93. The van der Waals surface area contributed by atoms with Gasteiger partial charge in [-0.2, -0.15) is 13.2 Å². The number of benzene rings is 2. The van der Waals surface area contributed by atoms with Crippen LogP contribution in [-0.4, -0.2) is 5.78 Å². The van der Waals surface area contributed by atoms with Gasteiger partial charge in [-0.05, 0) is 37.3 Å². The van der Waals surface area contributed by atoms with Gasteiger partial charge in [0.25, 0.3) is 0 Å². The third-order valence-electron chi connectivity index (χ3n) is 2.75. The molecule has 0 aliphatic heterocycles. The first-order chi connectivity index (χ1) is 9.79. The lowest BCUT2D eigenvalue weighted by Crippen LogP contribution is -2.06. The number of halogens is 4. The van der Waals surface area contributed by atoms with E-state index in [1.807, 2.05) is 0 Å². The molecule has 0 heterocycles. The Balaban J connectivity index is 2.38. The fourth-order valence-electron chi connectivity index (χ4n) is 1.71. The van der Waals surface area contributed by atoms with E-state index in [4.69, 9.17) is 16.3 Å². The lowest BCUT2D eigenvalue weighted by molar-refractivity contribution is -0.138. The third-order valence-corrected chi connectivity index (χ3v) is 3.05. The van der Waals surface area contributed by atoms with Crippen molar-refractivity contribution in [2.45, 2.75) is 13.1 Å². The molecule has 2 aromatic rings. The number of hydrogen-bond donors (Lipinski definition) is 0. The molecule has 110 valence electrons. The van der Waals surface area contributed by atoms with Gasteiger partial charge in [-0.15, -0.1) is 0 Å². The van der Waals surface area contributed by atoms with E-state index in [-0.39, 0.29) is 22.3 Å². The van der Waals surface area contributed by atoms with Crippen LogP contribution in [0.15, 0.2) is 42.5 Å². The van der Waals surface area contributed by atoms with Crippen LogP contribution in [0, 0.1) is 0 Å². The van der Waals surface area contributed by atoms with E-state index in [0.29, 0.717) is 5.56 Å². The van der Waals surface area contributed by atoms with Crippen molar-refractivity contribution in [3.05, 3.63) is 58.6 Å². The van der Waals surface area contributed by atoms with Crippen LogP contribution >= 0.6 is 11.6 Å². The summed E-state index contributed by atoms with van der Waals surface area (Å²) >= 11 is 5.93. The molecule has 0 unspecified atom stereocenters. The van der Waals surface area contributed by atoms with E-state index in [1.54, 1.807) is 0 Å². The number of carbonyl (C=O) groups excluding carboxylic acids is 1. The Morgan fingerprint density at radius 1 is 1.10 bits per heavy atom. The van der Waals surface area contributed by atoms with Gasteiger partial charge in [0.1, 0.15) is 11.5 Å². The normalized spacial score (nSPS) is 11.3. The maximum atomic E-state index is 12.9. The number of ketones is 1. The second kappa shape index (κ2) is 5.77. The summed E-state index contributed by atoms with van der Waals surface area (Å²) in [6, 6.07) is 9.01. The highest BCUT2D eigenvalue weighted by molar-refractivity contribution is 6.32. The molecule has 21 heavy (non-hydrogen) atoms. The molecule has 0 saturated heterocycles. The molecule has 0 bridgehead atoms. The van der Waals surface area contributed by atoms with Gasteiger partial charge in [0.15, 0.2) is 5.78 Å². The van der Waals surface area contributed by atoms with Crippen molar-refractivity contribution in [1.82, 2.24) is 0 Å². The molecular formula is C15H10ClF3O2. The van der Waals surface area contributed by atoms with Gasteiger partial charge in [0, 0.05) is 5.56 Å². The molecule has 0 fully saturated rings. The minimum Gasteiger partial charge on any atom is -0.455 e. The van der Waals surface area contributed by atoms with E-state index in [9.17, 15) is 18.0 Å². The molecular weight excluding hydrogens is 305 g/mol. The second-order valence-electron chi connectivity index (χ2n) is 4.30. The minimum atomic E-state index is -4.53. The smallest absolute Gasteiger partial charge is 0.419 e. The Bertz CT molecular complexity index is 681. The Morgan fingerprint density at radius 3 is 2.33 bits per heavy atom. The number of alkyl halides is 3. The molecule has 2 nitrogen and oxygen atoms in total. The van der Waals surface area contributed by atoms with Crippen LogP contribution in [-0.2, 0) is 6.18 Å². The molecule has 2 aromatic carbocycles. The Labute approximate surface area is 124 Å². The molecule has 2 rings (SSSR count). The summed E-state index contributed by atoms with van der Waals surface area (Å²) in [5.74, 6) is -0.486. The number of carbonyl (C=O) groups is 1. The number of hydrogen-bond acceptors (Lipinski definition) is 2. The van der Waals surface area contributed by atoms with Crippen molar-refractivity contribution in [3.63, 3.8) is 0 Å². The number of para-hydroxylation sites is 1. The van der Waals surface area contributed by atoms with Crippen molar-refractivity contribution >= 4 is 17.4 Å². The zero-order chi connectivity index (χ0) is 15.6. The lowest BCUT2D eigenvalue weighted by Gasteiger charge is -2.14. The zero-order valence-electron chi connectivity index (χ0n) is 10.9. The fraction of sp³-hybridized carbons (Fsp3) is 0.133. The average molecular weight is 315 g/mol. The molecule has 0 amide bonds. The summed E-state index contributed by atoms with van der Waals surface area (Å²) in [6.45, 7) is 1.37. The predicted octanol–water partition coefficient (Wildman–Crippen LogP) is 5.35. The summed E-state index contributed by atoms with van der Waals surface area (Å²) in [6.07, 6.45) is -4.53. The van der Waals surface area contributed by atoms with Gasteiger partial charge in [-0.25, -0.2) is 0 Å². The van der Waals surface area contributed by atoms with Crippen molar-refractivity contribution < 1.29 is 22.7 Å². The molecule has 0 aromatic heterocycles. The molecule has 0 N–H and O–H groups in total. The van der Waals surface area contributed by atoms with Gasteiger partial charge in [-0.1, -0.05) is 23.7 Å². The first-order valence-corrected chi connectivity index (χ1v) is 6.31. The molecule has 0 aliphatic carbocycles. The topological polar surface area (TPSA) is 26.3 Å². The van der Waals surface area contributed by atoms with Gasteiger partial charge in [-0.3, -0.25) is 4.79 Å². The van der Waals surface area contributed by atoms with E-state index in [2.05, 4.69) is 0 Å². The van der Waals surface area contributed by atoms with E-state index in [0.717, 1.165) is 6.07 Å². The summed E-state index contributed by atoms with van der Waals surface area (Å²) in [5.41, 5.74) is -0.534. The van der Waals surface area contributed by atoms with Crippen molar-refractivity contribution in [1.29, 1.82) is 0 Å². The summed E-state index contributed by atoms with van der Waals surface area (Å²) in [4.78, 5) is 11.2. The quantitative estimate of drug-likeness (QED) is 0.713. The summed E-state index contributed by atoms with van der Waals surface area (Å²) < 4.78 is 43.8. The Hall–Kier alpha value is -2.01. The van der Waals surface area contributed by atoms with E-state index in [1.165, 1.54) is 43.3 Å². The molecule has 0 spiro atoms. The van der Waals surface area contributed by atoms with Gasteiger partial charge in [0.05, 0.1) is 10.6 Å². The first kappa shape index (κ1) is 15.4. The van der Waals surface area contributed by atoms with E-state index < -0.39 is 11.7 Å². The monoisotopic (exact) mass is 314 g/mol. The van der Waals surface area contributed by atoms with Crippen LogP contribution in [0.4, 0.5) is 13.2 Å². The molecule has 0 radical (unpaired) electrons. The predicted molar refractivity (Wildman–Crippen MR) is 73.0 cm³/mol. The largest absolute Gasteiger partial charge is 0.455 e. The van der Waals surface area contributed by atoms with Crippen molar-refractivity contribution in [2.24, 2.45) is 0 Å². The Morgan fingerprint density at radius 2 is 1.76 bits per heavy atom. The number of ether oxygens (including phenoxy) is 1. The molecule has 0 saturated carbocycles. The zero-order valence-corrected chi connectivity index (χ0v) is 11.6. The number of Topliss-reactive ketones (excluding diaryl/α,β-unsaturated/α-hetero) is 1. The van der Waals surface area contributed by atoms with Crippen LogP contribution in [0.2, 0.25) is 5.02 Å². The summed E-state index contributed by atoms with van der Waals surface area (Å²) in [5, 5.41) is 0.0691. The minimum absolute atomic E-state index is 0.0540. The van der Waals surface area contributed by atoms with Crippen LogP contribution in [0.5, 0.6) is 11.5 Å². The molecule has 6 heteroatoms. The van der Waals surface area contributed by atoms with Gasteiger partial charge in [0.2, 0.25) is 0 Å².